The van der Waals surface area contributed by atoms with Crippen LogP contribution in [0.25, 0.3) is 0 Å². The second kappa shape index (κ2) is 7.32. The molecular formula is C13H18N2O3. The highest BCUT2D eigenvalue weighted by Crippen LogP contribution is 2.03. The molecule has 0 aliphatic heterocycles. The summed E-state index contributed by atoms with van der Waals surface area (Å²) in [4.78, 5) is 22.8. The first-order chi connectivity index (χ1) is 8.63. The number of benzene rings is 1. The number of esters is 1. The van der Waals surface area contributed by atoms with Gasteiger partial charge < -0.3 is 15.4 Å². The first-order valence-corrected chi connectivity index (χ1v) is 5.88. The molecule has 0 aliphatic rings. The Bertz CT molecular complexity index is 392. The minimum absolute atomic E-state index is 0.119. The minimum atomic E-state index is -0.630. The highest BCUT2D eigenvalue weighted by atomic mass is 16.5. The van der Waals surface area contributed by atoms with Gasteiger partial charge in [-0.2, -0.15) is 0 Å². The van der Waals surface area contributed by atoms with E-state index in [0.717, 1.165) is 5.69 Å². The Balaban J connectivity index is 2.31. The first-order valence-electron chi connectivity index (χ1n) is 5.88. The summed E-state index contributed by atoms with van der Waals surface area (Å²) in [5, 5.41) is 5.52. The molecule has 1 aromatic rings. The normalized spacial score (nSPS) is 11.4. The van der Waals surface area contributed by atoms with E-state index in [1.807, 2.05) is 30.3 Å². The van der Waals surface area contributed by atoms with E-state index < -0.39 is 12.0 Å². The van der Waals surface area contributed by atoms with Gasteiger partial charge in [-0.1, -0.05) is 18.2 Å². The fraction of sp³-hybridized carbons (Fsp3) is 0.385. The van der Waals surface area contributed by atoms with Gasteiger partial charge in [0.1, 0.15) is 6.04 Å². The van der Waals surface area contributed by atoms with Gasteiger partial charge in [-0.3, -0.25) is 4.79 Å². The van der Waals surface area contributed by atoms with Crippen LogP contribution in [0.15, 0.2) is 30.3 Å². The Labute approximate surface area is 107 Å². The number of anilines is 1. The van der Waals surface area contributed by atoms with Gasteiger partial charge in [-0.25, -0.2) is 4.79 Å². The summed E-state index contributed by atoms with van der Waals surface area (Å²) in [5.74, 6) is -0.676. The average molecular weight is 250 g/mol. The van der Waals surface area contributed by atoms with Crippen LogP contribution in [0.3, 0.4) is 0 Å². The van der Waals surface area contributed by atoms with Crippen molar-refractivity contribution in [2.75, 3.05) is 18.5 Å². The van der Waals surface area contributed by atoms with Gasteiger partial charge in [-0.15, -0.1) is 0 Å². The molecule has 0 aromatic heterocycles. The van der Waals surface area contributed by atoms with Crippen molar-refractivity contribution in [2.24, 2.45) is 0 Å². The van der Waals surface area contributed by atoms with Crippen LogP contribution in [0.1, 0.15) is 13.8 Å². The number of para-hydroxylation sites is 1. The predicted molar refractivity (Wildman–Crippen MR) is 69.2 cm³/mol. The molecule has 0 saturated carbocycles. The van der Waals surface area contributed by atoms with Crippen molar-refractivity contribution >= 4 is 17.6 Å². The molecule has 0 saturated heterocycles. The quantitative estimate of drug-likeness (QED) is 0.744. The molecule has 1 atom stereocenters. The Kier molecular flexibility index (Phi) is 5.70. The Hall–Kier alpha value is -2.04. The van der Waals surface area contributed by atoms with Crippen LogP contribution in [0.5, 0.6) is 0 Å². The lowest BCUT2D eigenvalue weighted by atomic mass is 10.3. The summed E-state index contributed by atoms with van der Waals surface area (Å²) in [7, 11) is 0. The zero-order chi connectivity index (χ0) is 13.4. The molecule has 1 amide bonds. The van der Waals surface area contributed by atoms with Crippen LogP contribution < -0.4 is 10.6 Å². The van der Waals surface area contributed by atoms with Gasteiger partial charge in [-0.05, 0) is 26.0 Å². The maximum absolute atomic E-state index is 11.6. The van der Waals surface area contributed by atoms with E-state index in [4.69, 9.17) is 4.74 Å². The highest BCUT2D eigenvalue weighted by Gasteiger charge is 2.15. The molecule has 1 unspecified atom stereocenters. The topological polar surface area (TPSA) is 67.4 Å². The van der Waals surface area contributed by atoms with Crippen molar-refractivity contribution in [3.05, 3.63) is 30.3 Å². The first kappa shape index (κ1) is 14.0. The lowest BCUT2D eigenvalue weighted by Crippen LogP contribution is -2.42. The van der Waals surface area contributed by atoms with E-state index in [2.05, 4.69) is 10.6 Å². The lowest BCUT2D eigenvalue weighted by Gasteiger charge is -2.13. The molecular weight excluding hydrogens is 232 g/mol. The smallest absolute Gasteiger partial charge is 0.328 e. The summed E-state index contributed by atoms with van der Waals surface area (Å²) >= 11 is 0. The van der Waals surface area contributed by atoms with Crippen molar-refractivity contribution in [1.29, 1.82) is 0 Å². The van der Waals surface area contributed by atoms with Crippen molar-refractivity contribution in [3.8, 4) is 0 Å². The highest BCUT2D eigenvalue weighted by molar-refractivity contribution is 5.86. The number of hydrogen-bond acceptors (Lipinski definition) is 4. The molecule has 0 aliphatic carbocycles. The largest absolute Gasteiger partial charge is 0.464 e. The van der Waals surface area contributed by atoms with Gasteiger partial charge in [0.2, 0.25) is 5.91 Å². The van der Waals surface area contributed by atoms with Crippen molar-refractivity contribution in [2.45, 2.75) is 19.9 Å². The van der Waals surface area contributed by atoms with Crippen LogP contribution in [0.2, 0.25) is 0 Å². The Morgan fingerprint density at radius 3 is 2.56 bits per heavy atom. The van der Waals surface area contributed by atoms with E-state index >= 15 is 0 Å². The number of carbonyl (C=O) groups excluding carboxylic acids is 2. The molecule has 1 rings (SSSR count). The molecule has 0 radical (unpaired) electrons. The molecule has 18 heavy (non-hydrogen) atoms. The van der Waals surface area contributed by atoms with Gasteiger partial charge in [0.05, 0.1) is 13.2 Å². The number of ether oxygens (including phenoxy) is 1. The molecule has 1 aromatic carbocycles. The summed E-state index contributed by atoms with van der Waals surface area (Å²) < 4.78 is 4.79. The number of carbonyl (C=O) groups is 2. The van der Waals surface area contributed by atoms with E-state index in [0.29, 0.717) is 6.61 Å². The van der Waals surface area contributed by atoms with Gasteiger partial charge in [0.15, 0.2) is 0 Å². The molecule has 0 bridgehead atoms. The van der Waals surface area contributed by atoms with Crippen LogP contribution in [-0.2, 0) is 14.3 Å². The SMILES string of the molecule is CCOC(=O)C(C)NC(=O)CNc1ccccc1. The zero-order valence-corrected chi connectivity index (χ0v) is 10.6. The molecule has 98 valence electrons. The average Bonchev–Trinajstić information content (AvgIpc) is 2.38. The third kappa shape index (κ3) is 4.86. The van der Waals surface area contributed by atoms with Crippen molar-refractivity contribution in [3.63, 3.8) is 0 Å². The molecule has 5 nitrogen and oxygen atoms in total. The summed E-state index contributed by atoms with van der Waals surface area (Å²) in [6.45, 7) is 3.75. The third-order valence-corrected chi connectivity index (χ3v) is 2.24. The van der Waals surface area contributed by atoms with Crippen LogP contribution in [0, 0.1) is 0 Å². The number of nitrogens with one attached hydrogen (secondary N) is 2. The van der Waals surface area contributed by atoms with Crippen LogP contribution >= 0.6 is 0 Å². The van der Waals surface area contributed by atoms with E-state index in [1.54, 1.807) is 13.8 Å². The van der Waals surface area contributed by atoms with Crippen LogP contribution in [0.4, 0.5) is 5.69 Å². The number of rotatable bonds is 6. The summed E-state index contributed by atoms with van der Waals surface area (Å²) in [6.07, 6.45) is 0. The second-order valence-electron chi connectivity index (χ2n) is 3.76. The molecule has 5 heteroatoms. The van der Waals surface area contributed by atoms with E-state index in [9.17, 15) is 9.59 Å². The minimum Gasteiger partial charge on any atom is -0.464 e. The third-order valence-electron chi connectivity index (χ3n) is 2.24. The van der Waals surface area contributed by atoms with E-state index in [1.165, 1.54) is 0 Å². The monoisotopic (exact) mass is 250 g/mol. The van der Waals surface area contributed by atoms with Gasteiger partial charge in [0.25, 0.3) is 0 Å². The molecule has 0 fully saturated rings. The van der Waals surface area contributed by atoms with Gasteiger partial charge >= 0.3 is 5.97 Å². The molecule has 0 spiro atoms. The van der Waals surface area contributed by atoms with Gasteiger partial charge in [0, 0.05) is 5.69 Å². The summed E-state index contributed by atoms with van der Waals surface area (Å²) in [6, 6.07) is 8.75. The number of hydrogen-bond donors (Lipinski definition) is 2. The fourth-order valence-corrected chi connectivity index (χ4v) is 1.36. The standard InChI is InChI=1S/C13H18N2O3/c1-3-18-13(17)10(2)15-12(16)9-14-11-7-5-4-6-8-11/h4-8,10,14H,3,9H2,1-2H3,(H,15,16). The zero-order valence-electron chi connectivity index (χ0n) is 10.6. The Morgan fingerprint density at radius 1 is 1.28 bits per heavy atom. The van der Waals surface area contributed by atoms with Crippen molar-refractivity contribution < 1.29 is 14.3 Å². The second-order valence-corrected chi connectivity index (χ2v) is 3.76. The maximum atomic E-state index is 11.6. The summed E-state index contributed by atoms with van der Waals surface area (Å²) in [5.41, 5.74) is 0.858. The molecule has 2 N–H and O–H groups in total. The van der Waals surface area contributed by atoms with Crippen molar-refractivity contribution in [1.82, 2.24) is 5.32 Å². The Morgan fingerprint density at radius 2 is 1.94 bits per heavy atom. The molecule has 0 heterocycles. The predicted octanol–water partition coefficient (Wildman–Crippen LogP) is 1.17. The number of amides is 1. The van der Waals surface area contributed by atoms with E-state index in [-0.39, 0.29) is 12.5 Å². The van der Waals surface area contributed by atoms with Crippen LogP contribution in [-0.4, -0.2) is 31.1 Å². The lowest BCUT2D eigenvalue weighted by molar-refractivity contribution is -0.146. The fourth-order valence-electron chi connectivity index (χ4n) is 1.36. The maximum Gasteiger partial charge on any atom is 0.328 e.